The number of pyridine rings is 1. The number of aryl methyl sites for hydroxylation is 2. The van der Waals surface area contributed by atoms with Gasteiger partial charge >= 0.3 is 0 Å². The fourth-order valence-corrected chi connectivity index (χ4v) is 2.10. The number of nitrogens with zero attached hydrogens (tertiary/aromatic N) is 2. The van der Waals surface area contributed by atoms with Crippen LogP contribution in [0.2, 0.25) is 0 Å². The number of benzene rings is 1. The highest BCUT2D eigenvalue weighted by molar-refractivity contribution is 5.66. The van der Waals surface area contributed by atoms with E-state index in [1.807, 2.05) is 19.1 Å². The van der Waals surface area contributed by atoms with Crippen molar-refractivity contribution in [3.8, 4) is 22.6 Å². The molecule has 3 rings (SSSR count). The summed E-state index contributed by atoms with van der Waals surface area (Å²) in [4.78, 5) is 12.1. The fourth-order valence-electron chi connectivity index (χ4n) is 2.10. The third-order valence-electron chi connectivity index (χ3n) is 3.16. The van der Waals surface area contributed by atoms with E-state index in [-0.39, 0.29) is 0 Å². The second-order valence-electron chi connectivity index (χ2n) is 4.66. The number of hydrogen-bond acceptors (Lipinski definition) is 2. The lowest BCUT2D eigenvalue weighted by Crippen LogP contribution is -1.82. The zero-order valence-electron chi connectivity index (χ0n) is 11.0. The van der Waals surface area contributed by atoms with Gasteiger partial charge in [0, 0.05) is 29.2 Å². The Bertz CT molecular complexity index is 682. The first-order valence-corrected chi connectivity index (χ1v) is 6.28. The van der Waals surface area contributed by atoms with Crippen LogP contribution in [0, 0.1) is 13.8 Å². The Morgan fingerprint density at radius 3 is 2.21 bits per heavy atom. The molecule has 2 aromatic heterocycles. The molecular weight excluding hydrogens is 234 g/mol. The highest BCUT2D eigenvalue weighted by atomic mass is 14.9. The number of aromatic nitrogens is 3. The van der Waals surface area contributed by atoms with Crippen LogP contribution in [0.4, 0.5) is 0 Å². The quantitative estimate of drug-likeness (QED) is 0.751. The maximum absolute atomic E-state index is 4.70. The molecule has 1 aromatic carbocycles. The molecule has 3 aromatic rings. The van der Waals surface area contributed by atoms with E-state index in [9.17, 15) is 0 Å². The Morgan fingerprint density at radius 1 is 0.842 bits per heavy atom. The molecule has 0 aliphatic heterocycles. The van der Waals surface area contributed by atoms with Crippen LogP contribution in [0.1, 0.15) is 11.3 Å². The van der Waals surface area contributed by atoms with Crippen molar-refractivity contribution in [1.29, 1.82) is 0 Å². The number of aromatic amines is 1. The predicted molar refractivity (Wildman–Crippen MR) is 76.7 cm³/mol. The molecule has 0 amide bonds. The minimum absolute atomic E-state index is 0.907. The largest absolute Gasteiger partial charge is 0.342 e. The van der Waals surface area contributed by atoms with E-state index >= 15 is 0 Å². The average molecular weight is 249 g/mol. The van der Waals surface area contributed by atoms with Gasteiger partial charge in [0.05, 0.1) is 5.69 Å². The lowest BCUT2D eigenvalue weighted by Gasteiger charge is -1.97. The lowest BCUT2D eigenvalue weighted by atomic mass is 10.1. The molecule has 0 saturated heterocycles. The normalized spacial score (nSPS) is 10.6. The van der Waals surface area contributed by atoms with Gasteiger partial charge in [0.15, 0.2) is 0 Å². The highest BCUT2D eigenvalue weighted by Crippen LogP contribution is 2.25. The third-order valence-corrected chi connectivity index (χ3v) is 3.16. The maximum Gasteiger partial charge on any atom is 0.138 e. The van der Waals surface area contributed by atoms with E-state index in [4.69, 9.17) is 4.98 Å². The SMILES string of the molecule is Cc1ccc(-c2nc(-c3ccncc3)c(C)[nH]2)cc1. The zero-order chi connectivity index (χ0) is 13.2. The van der Waals surface area contributed by atoms with Crippen LogP contribution >= 0.6 is 0 Å². The van der Waals surface area contributed by atoms with Gasteiger partial charge in [-0.05, 0) is 26.0 Å². The first kappa shape index (κ1) is 11.7. The van der Waals surface area contributed by atoms with Crippen molar-refractivity contribution in [3.63, 3.8) is 0 Å². The Labute approximate surface area is 112 Å². The molecule has 0 saturated carbocycles. The van der Waals surface area contributed by atoms with Crippen LogP contribution in [-0.2, 0) is 0 Å². The van der Waals surface area contributed by atoms with E-state index in [0.717, 1.165) is 28.3 Å². The topological polar surface area (TPSA) is 41.6 Å². The number of rotatable bonds is 2. The Balaban J connectivity index is 2.04. The summed E-state index contributed by atoms with van der Waals surface area (Å²) in [6, 6.07) is 12.3. The molecule has 0 atom stereocenters. The molecule has 19 heavy (non-hydrogen) atoms. The summed E-state index contributed by atoms with van der Waals surface area (Å²) < 4.78 is 0. The van der Waals surface area contributed by atoms with Crippen molar-refractivity contribution in [2.45, 2.75) is 13.8 Å². The average Bonchev–Trinajstić information content (AvgIpc) is 2.83. The molecule has 1 N–H and O–H groups in total. The van der Waals surface area contributed by atoms with Gasteiger partial charge in [-0.25, -0.2) is 4.98 Å². The molecule has 2 heterocycles. The van der Waals surface area contributed by atoms with Gasteiger partial charge in [0.1, 0.15) is 5.82 Å². The molecule has 0 unspecified atom stereocenters. The standard InChI is InChI=1S/C16H15N3/c1-11-3-5-14(6-4-11)16-18-12(2)15(19-16)13-7-9-17-10-8-13/h3-10H,1-2H3,(H,18,19). The fraction of sp³-hybridized carbons (Fsp3) is 0.125. The van der Waals surface area contributed by atoms with Crippen LogP contribution in [0.15, 0.2) is 48.8 Å². The molecule has 0 aliphatic carbocycles. The molecule has 0 fully saturated rings. The van der Waals surface area contributed by atoms with Crippen molar-refractivity contribution >= 4 is 0 Å². The van der Waals surface area contributed by atoms with E-state index in [2.05, 4.69) is 41.2 Å². The van der Waals surface area contributed by atoms with Gasteiger partial charge in [-0.1, -0.05) is 29.8 Å². The summed E-state index contributed by atoms with van der Waals surface area (Å²) in [5, 5.41) is 0. The van der Waals surface area contributed by atoms with Crippen LogP contribution in [0.3, 0.4) is 0 Å². The highest BCUT2D eigenvalue weighted by Gasteiger charge is 2.09. The second kappa shape index (κ2) is 4.69. The first-order chi connectivity index (χ1) is 9.24. The number of hydrogen-bond donors (Lipinski definition) is 1. The first-order valence-electron chi connectivity index (χ1n) is 6.28. The molecule has 0 radical (unpaired) electrons. The molecular formula is C16H15N3. The number of H-pyrrole nitrogens is 1. The van der Waals surface area contributed by atoms with Crippen LogP contribution in [0.25, 0.3) is 22.6 Å². The zero-order valence-corrected chi connectivity index (χ0v) is 11.0. The third kappa shape index (κ3) is 2.27. The van der Waals surface area contributed by atoms with Crippen molar-refractivity contribution in [1.82, 2.24) is 15.0 Å². The van der Waals surface area contributed by atoms with Crippen molar-refractivity contribution in [2.75, 3.05) is 0 Å². The van der Waals surface area contributed by atoms with E-state index < -0.39 is 0 Å². The van der Waals surface area contributed by atoms with Crippen LogP contribution in [-0.4, -0.2) is 15.0 Å². The minimum atomic E-state index is 0.907. The van der Waals surface area contributed by atoms with Crippen molar-refractivity contribution in [3.05, 3.63) is 60.0 Å². The number of nitrogens with one attached hydrogen (secondary N) is 1. The van der Waals surface area contributed by atoms with Gasteiger partial charge in [-0.3, -0.25) is 4.98 Å². The van der Waals surface area contributed by atoms with Gasteiger partial charge in [-0.2, -0.15) is 0 Å². The van der Waals surface area contributed by atoms with E-state index in [1.165, 1.54) is 5.56 Å². The summed E-state index contributed by atoms with van der Waals surface area (Å²) in [5.74, 6) is 0.907. The Hall–Kier alpha value is -2.42. The van der Waals surface area contributed by atoms with Crippen LogP contribution < -0.4 is 0 Å². The van der Waals surface area contributed by atoms with Gasteiger partial charge in [-0.15, -0.1) is 0 Å². The number of imidazole rings is 1. The molecule has 0 bridgehead atoms. The van der Waals surface area contributed by atoms with Gasteiger partial charge in [0.25, 0.3) is 0 Å². The predicted octanol–water partition coefficient (Wildman–Crippen LogP) is 3.76. The summed E-state index contributed by atoms with van der Waals surface area (Å²) in [6.45, 7) is 4.13. The molecule has 0 aliphatic rings. The molecule has 94 valence electrons. The molecule has 3 nitrogen and oxygen atoms in total. The Kier molecular flexibility index (Phi) is 2.88. The van der Waals surface area contributed by atoms with Crippen LogP contribution in [0.5, 0.6) is 0 Å². The summed E-state index contributed by atoms with van der Waals surface area (Å²) in [6.07, 6.45) is 3.57. The molecule has 3 heteroatoms. The summed E-state index contributed by atoms with van der Waals surface area (Å²) in [7, 11) is 0. The van der Waals surface area contributed by atoms with Gasteiger partial charge in [0.2, 0.25) is 0 Å². The maximum atomic E-state index is 4.70. The van der Waals surface area contributed by atoms with Gasteiger partial charge < -0.3 is 4.98 Å². The van der Waals surface area contributed by atoms with E-state index in [0.29, 0.717) is 0 Å². The van der Waals surface area contributed by atoms with E-state index in [1.54, 1.807) is 12.4 Å². The summed E-state index contributed by atoms with van der Waals surface area (Å²) in [5.41, 5.74) is 5.50. The molecule has 0 spiro atoms. The minimum Gasteiger partial charge on any atom is -0.342 e. The monoisotopic (exact) mass is 249 g/mol. The van der Waals surface area contributed by atoms with Crippen molar-refractivity contribution < 1.29 is 0 Å². The smallest absolute Gasteiger partial charge is 0.138 e. The lowest BCUT2D eigenvalue weighted by molar-refractivity contribution is 1.25. The Morgan fingerprint density at radius 2 is 1.53 bits per heavy atom. The second-order valence-corrected chi connectivity index (χ2v) is 4.66. The van der Waals surface area contributed by atoms with Crippen molar-refractivity contribution in [2.24, 2.45) is 0 Å². The summed E-state index contributed by atoms with van der Waals surface area (Å²) >= 11 is 0.